The third-order valence-corrected chi connectivity index (χ3v) is 7.04. The number of benzene rings is 3. The lowest BCUT2D eigenvalue weighted by Crippen LogP contribution is -2.18. The van der Waals surface area contributed by atoms with E-state index in [2.05, 4.69) is 9.84 Å². The molecule has 0 fully saturated rings. The molecule has 37 heavy (non-hydrogen) atoms. The second-order valence-corrected chi connectivity index (χ2v) is 9.84. The van der Waals surface area contributed by atoms with Crippen molar-refractivity contribution in [2.24, 2.45) is 0 Å². The molecule has 14 heteroatoms. The summed E-state index contributed by atoms with van der Waals surface area (Å²) in [5, 5.41) is 3.69. The number of carbonyl (C=O) groups excluding carboxylic acids is 1. The van der Waals surface area contributed by atoms with Gasteiger partial charge in [-0.3, -0.25) is 4.79 Å². The molecule has 0 radical (unpaired) electrons. The van der Waals surface area contributed by atoms with E-state index in [4.69, 9.17) is 11.6 Å². The van der Waals surface area contributed by atoms with Crippen LogP contribution in [0.25, 0.3) is 10.9 Å². The van der Waals surface area contributed by atoms with Crippen LogP contribution < -0.4 is 4.74 Å². The van der Waals surface area contributed by atoms with E-state index < -0.39 is 61.6 Å². The molecule has 6 nitrogen and oxygen atoms in total. The number of fused-ring (bicyclic) bond motifs is 1. The molecular weight excluding hydrogens is 550 g/mol. The normalized spacial score (nSPS) is 12.6. The van der Waals surface area contributed by atoms with Gasteiger partial charge in [0.2, 0.25) is 0 Å². The summed E-state index contributed by atoms with van der Waals surface area (Å²) in [4.78, 5) is 12.2. The van der Waals surface area contributed by atoms with Gasteiger partial charge in [0.25, 0.3) is 10.0 Å². The van der Waals surface area contributed by atoms with Crippen LogP contribution in [-0.2, 0) is 22.6 Å². The van der Waals surface area contributed by atoms with E-state index in [0.717, 1.165) is 36.4 Å². The van der Waals surface area contributed by atoms with Crippen molar-refractivity contribution in [2.75, 3.05) is 0 Å². The second-order valence-electron chi connectivity index (χ2n) is 7.67. The van der Waals surface area contributed by atoms with E-state index in [9.17, 15) is 39.6 Å². The van der Waals surface area contributed by atoms with Crippen LogP contribution in [0, 0.1) is 0 Å². The Morgan fingerprint density at radius 3 is 2.35 bits per heavy atom. The average Bonchev–Trinajstić information content (AvgIpc) is 3.21. The molecule has 4 aromatic rings. The fourth-order valence-corrected chi connectivity index (χ4v) is 5.18. The standard InChI is InChI=1S/C23H13ClF6N2O4S/c24-18-6-2-5-17(22(25,26)27)21(18)20(33)10-13-7-8-14-12-31-32(19(14)9-13)37(34,35)16-4-1-3-15(11-16)36-23(28,29)30/h1-9,11-12H,10H2. The average molecular weight is 563 g/mol. The Morgan fingerprint density at radius 1 is 0.973 bits per heavy atom. The predicted octanol–water partition coefficient (Wildman–Crippen LogP) is 6.27. The highest BCUT2D eigenvalue weighted by molar-refractivity contribution is 7.90. The number of alkyl halides is 6. The van der Waals surface area contributed by atoms with E-state index in [1.165, 1.54) is 24.4 Å². The highest BCUT2D eigenvalue weighted by Crippen LogP contribution is 2.36. The molecule has 0 unspecified atom stereocenters. The van der Waals surface area contributed by atoms with Gasteiger partial charge in [-0.2, -0.15) is 30.8 Å². The second kappa shape index (κ2) is 9.38. The molecular formula is C23H13ClF6N2O4S. The summed E-state index contributed by atoms with van der Waals surface area (Å²) in [5.41, 5.74) is -1.83. The third kappa shape index (κ3) is 5.57. The van der Waals surface area contributed by atoms with E-state index in [1.807, 2.05) is 0 Å². The van der Waals surface area contributed by atoms with Gasteiger partial charge >= 0.3 is 12.5 Å². The van der Waals surface area contributed by atoms with Crippen LogP contribution in [0.1, 0.15) is 21.5 Å². The van der Waals surface area contributed by atoms with Crippen molar-refractivity contribution in [3.63, 3.8) is 0 Å². The quantitative estimate of drug-likeness (QED) is 0.204. The lowest BCUT2D eigenvalue weighted by atomic mass is 9.97. The van der Waals surface area contributed by atoms with Gasteiger partial charge in [-0.15, -0.1) is 13.2 Å². The number of hydrogen-bond acceptors (Lipinski definition) is 5. The zero-order valence-electron chi connectivity index (χ0n) is 18.1. The maximum absolute atomic E-state index is 13.4. The lowest BCUT2D eigenvalue weighted by Gasteiger charge is -2.13. The van der Waals surface area contributed by atoms with Crippen molar-refractivity contribution in [1.82, 2.24) is 9.19 Å². The van der Waals surface area contributed by atoms with Crippen LogP contribution in [0.4, 0.5) is 26.3 Å². The fourth-order valence-electron chi connectivity index (χ4n) is 3.59. The summed E-state index contributed by atoms with van der Waals surface area (Å²) in [7, 11) is -4.53. The topological polar surface area (TPSA) is 78.3 Å². The SMILES string of the molecule is O=C(Cc1ccc2cnn(S(=O)(=O)c3cccc(OC(F)(F)F)c3)c2c1)c1c(Cl)cccc1C(F)(F)F. The minimum absolute atomic E-state index is 0.0531. The maximum Gasteiger partial charge on any atom is 0.573 e. The third-order valence-electron chi connectivity index (χ3n) is 5.13. The highest BCUT2D eigenvalue weighted by Gasteiger charge is 2.36. The van der Waals surface area contributed by atoms with Crippen molar-refractivity contribution in [2.45, 2.75) is 23.9 Å². The Hall–Kier alpha value is -3.58. The van der Waals surface area contributed by atoms with Crippen LogP contribution in [0.15, 0.2) is 71.8 Å². The zero-order valence-corrected chi connectivity index (χ0v) is 19.7. The van der Waals surface area contributed by atoms with Gasteiger partial charge in [-0.25, -0.2) is 0 Å². The molecule has 0 aliphatic carbocycles. The summed E-state index contributed by atoms with van der Waals surface area (Å²) in [6, 6.07) is 10.6. The number of ether oxygens (including phenoxy) is 1. The Balaban J connectivity index is 1.71. The molecule has 194 valence electrons. The first-order valence-electron chi connectivity index (χ1n) is 10.1. The van der Waals surface area contributed by atoms with E-state index in [-0.39, 0.29) is 16.5 Å². The van der Waals surface area contributed by atoms with Gasteiger partial charge in [0.1, 0.15) is 5.75 Å². The largest absolute Gasteiger partial charge is 0.573 e. The van der Waals surface area contributed by atoms with Crippen molar-refractivity contribution in [1.29, 1.82) is 0 Å². The number of ketones is 1. The Bertz CT molecular complexity index is 1610. The molecule has 0 aliphatic heterocycles. The number of halogens is 7. The molecule has 1 heterocycles. The van der Waals surface area contributed by atoms with Gasteiger partial charge in [-0.05, 0) is 35.9 Å². The fraction of sp³-hybridized carbons (Fsp3) is 0.130. The molecule has 0 bridgehead atoms. The smallest absolute Gasteiger partial charge is 0.406 e. The molecule has 0 atom stereocenters. The Kier molecular flexibility index (Phi) is 6.71. The van der Waals surface area contributed by atoms with Crippen molar-refractivity contribution >= 4 is 38.3 Å². The van der Waals surface area contributed by atoms with E-state index in [1.54, 1.807) is 0 Å². The molecule has 0 saturated heterocycles. The van der Waals surface area contributed by atoms with Crippen molar-refractivity contribution in [3.8, 4) is 5.75 Å². The Morgan fingerprint density at radius 2 is 1.68 bits per heavy atom. The number of nitrogens with zero attached hydrogens (tertiary/aromatic N) is 2. The summed E-state index contributed by atoms with van der Waals surface area (Å²) in [5.74, 6) is -1.72. The molecule has 0 N–H and O–H groups in total. The zero-order chi connectivity index (χ0) is 27.2. The van der Waals surface area contributed by atoms with Gasteiger partial charge in [0, 0.05) is 23.4 Å². The lowest BCUT2D eigenvalue weighted by molar-refractivity contribution is -0.274. The molecule has 4 rings (SSSR count). The number of carbonyl (C=O) groups is 1. The molecule has 0 aliphatic rings. The molecule has 1 aromatic heterocycles. The first-order valence-corrected chi connectivity index (χ1v) is 12.0. The number of aromatic nitrogens is 2. The molecule has 0 amide bonds. The van der Waals surface area contributed by atoms with Crippen LogP contribution >= 0.6 is 11.6 Å². The van der Waals surface area contributed by atoms with Gasteiger partial charge in [0.15, 0.2) is 5.78 Å². The number of hydrogen-bond donors (Lipinski definition) is 0. The summed E-state index contributed by atoms with van der Waals surface area (Å²) < 4.78 is 108. The van der Waals surface area contributed by atoms with Crippen LogP contribution in [0.5, 0.6) is 5.75 Å². The van der Waals surface area contributed by atoms with Crippen LogP contribution in [-0.4, -0.2) is 29.7 Å². The maximum atomic E-state index is 13.4. The van der Waals surface area contributed by atoms with E-state index >= 15 is 0 Å². The molecule has 0 spiro atoms. The summed E-state index contributed by atoms with van der Waals surface area (Å²) in [6.07, 6.45) is -9.26. The van der Waals surface area contributed by atoms with E-state index in [0.29, 0.717) is 10.2 Å². The summed E-state index contributed by atoms with van der Waals surface area (Å²) in [6.45, 7) is 0. The Labute approximate surface area is 210 Å². The summed E-state index contributed by atoms with van der Waals surface area (Å²) >= 11 is 5.89. The minimum Gasteiger partial charge on any atom is -0.406 e. The van der Waals surface area contributed by atoms with Gasteiger partial charge in [-0.1, -0.05) is 35.9 Å². The highest BCUT2D eigenvalue weighted by atomic mass is 35.5. The van der Waals surface area contributed by atoms with Crippen LogP contribution in [0.3, 0.4) is 0 Å². The number of rotatable bonds is 6. The van der Waals surface area contributed by atoms with Crippen molar-refractivity contribution in [3.05, 3.63) is 88.6 Å². The first kappa shape index (κ1) is 26.5. The number of Topliss-reactive ketones (excluding diaryl/α,β-unsaturated/α-hetero) is 1. The first-order chi connectivity index (χ1) is 17.2. The molecule has 3 aromatic carbocycles. The molecule has 0 saturated carbocycles. The van der Waals surface area contributed by atoms with Gasteiger partial charge in [0.05, 0.1) is 27.2 Å². The minimum atomic E-state index is -5.05. The van der Waals surface area contributed by atoms with Crippen LogP contribution in [0.2, 0.25) is 5.02 Å². The van der Waals surface area contributed by atoms with Gasteiger partial charge < -0.3 is 4.74 Å². The monoisotopic (exact) mass is 562 g/mol. The predicted molar refractivity (Wildman–Crippen MR) is 120 cm³/mol. The van der Waals surface area contributed by atoms with Crippen molar-refractivity contribution < 1.29 is 44.3 Å².